The smallest absolute Gasteiger partial charge is 0.229 e. The first kappa shape index (κ1) is 12.2. The first-order valence-corrected chi connectivity index (χ1v) is 6.61. The molecule has 2 fully saturated rings. The van der Waals surface area contributed by atoms with Crippen molar-refractivity contribution in [1.29, 1.82) is 0 Å². The predicted molar refractivity (Wildman–Crippen MR) is 72.5 cm³/mol. The fraction of sp³-hybridized carbons (Fsp3) is 0.429. The Bertz CT molecular complexity index is 508. The van der Waals surface area contributed by atoms with E-state index in [0.717, 1.165) is 30.6 Å². The number of benzene rings is 1. The number of carbonyl (C=O) groups is 2. The lowest BCUT2D eigenvalue weighted by atomic mass is 10.2. The molecule has 2 aliphatic carbocycles. The second kappa shape index (κ2) is 4.66. The summed E-state index contributed by atoms with van der Waals surface area (Å²) in [5.74, 6) is 0.202. The Morgan fingerprint density at radius 2 is 1.47 bits per heavy atom. The average molecular weight is 259 g/mol. The van der Waals surface area contributed by atoms with Crippen LogP contribution in [0.4, 0.5) is 11.4 Å². The number of carbonyl (C=O) groups excluding carboxylic acids is 2. The van der Waals surface area contributed by atoms with Gasteiger partial charge in [0.25, 0.3) is 0 Å². The highest BCUT2D eigenvalue weighted by molar-refractivity contribution is 5.96. The summed E-state index contributed by atoms with van der Waals surface area (Å²) in [7, 11) is 0. The molecule has 0 bridgehead atoms. The van der Waals surface area contributed by atoms with Crippen LogP contribution >= 0.6 is 0 Å². The molecule has 4 N–H and O–H groups in total. The van der Waals surface area contributed by atoms with Gasteiger partial charge >= 0.3 is 0 Å². The molecule has 1 aromatic rings. The first-order valence-electron chi connectivity index (χ1n) is 6.61. The van der Waals surface area contributed by atoms with Gasteiger partial charge in [0, 0.05) is 23.3 Å². The lowest BCUT2D eigenvalue weighted by molar-refractivity contribution is -0.118. The van der Waals surface area contributed by atoms with E-state index in [1.807, 2.05) is 0 Å². The third-order valence-corrected chi connectivity index (χ3v) is 3.54. The largest absolute Gasteiger partial charge is 0.327 e. The van der Waals surface area contributed by atoms with Gasteiger partial charge in [-0.25, -0.2) is 0 Å². The lowest BCUT2D eigenvalue weighted by Gasteiger charge is -2.07. The molecule has 0 radical (unpaired) electrons. The van der Waals surface area contributed by atoms with Gasteiger partial charge in [-0.1, -0.05) is 0 Å². The van der Waals surface area contributed by atoms with Crippen molar-refractivity contribution in [1.82, 2.24) is 0 Å². The molecule has 0 saturated heterocycles. The fourth-order valence-electron chi connectivity index (χ4n) is 1.98. The third-order valence-electron chi connectivity index (χ3n) is 3.54. The predicted octanol–water partition coefficient (Wildman–Crippen LogP) is 1.32. The highest BCUT2D eigenvalue weighted by Crippen LogP contribution is 2.31. The van der Waals surface area contributed by atoms with Crippen LogP contribution in [0.25, 0.3) is 0 Å². The van der Waals surface area contributed by atoms with Crippen LogP contribution in [0, 0.1) is 11.8 Å². The highest BCUT2D eigenvalue weighted by atomic mass is 16.2. The molecular weight excluding hydrogens is 242 g/mol. The standard InChI is InChI=1S/C14H17N3O2/c15-12-7-11(12)14(19)17-10-5-3-9(4-6-10)16-13(18)8-1-2-8/h3-6,8,11-12H,1-2,7,15H2,(H,16,18)(H,17,19). The van der Waals surface area contributed by atoms with E-state index >= 15 is 0 Å². The van der Waals surface area contributed by atoms with Crippen molar-refractivity contribution in [3.63, 3.8) is 0 Å². The summed E-state index contributed by atoms with van der Waals surface area (Å²) in [6, 6.07) is 7.17. The molecule has 5 heteroatoms. The van der Waals surface area contributed by atoms with E-state index < -0.39 is 0 Å². The summed E-state index contributed by atoms with van der Waals surface area (Å²) in [6.07, 6.45) is 2.74. The minimum Gasteiger partial charge on any atom is -0.327 e. The van der Waals surface area contributed by atoms with Gasteiger partial charge in [-0.05, 0) is 43.5 Å². The van der Waals surface area contributed by atoms with Crippen LogP contribution in [-0.2, 0) is 9.59 Å². The molecule has 0 aliphatic heterocycles. The van der Waals surface area contributed by atoms with Crippen LogP contribution in [0.1, 0.15) is 19.3 Å². The van der Waals surface area contributed by atoms with Gasteiger partial charge < -0.3 is 16.4 Å². The fourth-order valence-corrected chi connectivity index (χ4v) is 1.98. The van der Waals surface area contributed by atoms with E-state index in [9.17, 15) is 9.59 Å². The molecule has 2 unspecified atom stereocenters. The Balaban J connectivity index is 1.55. The van der Waals surface area contributed by atoms with Crippen LogP contribution in [0.5, 0.6) is 0 Å². The normalized spacial score (nSPS) is 24.7. The minimum atomic E-state index is -0.0470. The van der Waals surface area contributed by atoms with Crippen LogP contribution in [0.2, 0.25) is 0 Å². The third kappa shape index (κ3) is 2.93. The number of anilines is 2. The molecule has 2 aliphatic rings. The van der Waals surface area contributed by atoms with E-state index in [1.165, 1.54) is 0 Å². The van der Waals surface area contributed by atoms with Gasteiger partial charge in [-0.3, -0.25) is 9.59 Å². The van der Waals surface area contributed by atoms with Crippen LogP contribution in [-0.4, -0.2) is 17.9 Å². The molecule has 2 saturated carbocycles. The highest BCUT2D eigenvalue weighted by Gasteiger charge is 2.39. The van der Waals surface area contributed by atoms with Crippen molar-refractivity contribution in [3.8, 4) is 0 Å². The van der Waals surface area contributed by atoms with Crippen LogP contribution < -0.4 is 16.4 Å². The molecule has 3 rings (SSSR count). The quantitative estimate of drug-likeness (QED) is 0.762. The van der Waals surface area contributed by atoms with Crippen molar-refractivity contribution >= 4 is 23.2 Å². The van der Waals surface area contributed by atoms with Crippen molar-refractivity contribution in [2.24, 2.45) is 17.6 Å². The number of nitrogens with one attached hydrogen (secondary N) is 2. The maximum Gasteiger partial charge on any atom is 0.229 e. The zero-order valence-corrected chi connectivity index (χ0v) is 10.6. The summed E-state index contributed by atoms with van der Waals surface area (Å²) in [4.78, 5) is 23.3. The Morgan fingerprint density at radius 3 is 1.89 bits per heavy atom. The monoisotopic (exact) mass is 259 g/mol. The molecule has 0 spiro atoms. The van der Waals surface area contributed by atoms with Gasteiger partial charge in [0.2, 0.25) is 11.8 Å². The Morgan fingerprint density at radius 1 is 1.00 bits per heavy atom. The number of amides is 2. The summed E-state index contributed by atoms with van der Waals surface area (Å²) in [5.41, 5.74) is 7.12. The summed E-state index contributed by atoms with van der Waals surface area (Å²) >= 11 is 0. The topological polar surface area (TPSA) is 84.2 Å². The summed E-state index contributed by atoms with van der Waals surface area (Å²) in [6.45, 7) is 0. The van der Waals surface area contributed by atoms with Gasteiger partial charge in [-0.2, -0.15) is 0 Å². The minimum absolute atomic E-state index is 0.0112. The zero-order chi connectivity index (χ0) is 13.4. The van der Waals surface area contributed by atoms with Crippen molar-refractivity contribution in [2.75, 3.05) is 10.6 Å². The summed E-state index contributed by atoms with van der Waals surface area (Å²) < 4.78 is 0. The Labute approximate surface area is 111 Å². The van der Waals surface area contributed by atoms with E-state index in [1.54, 1.807) is 24.3 Å². The molecule has 100 valence electrons. The number of rotatable bonds is 4. The maximum absolute atomic E-state index is 11.7. The number of hydrogen-bond acceptors (Lipinski definition) is 3. The maximum atomic E-state index is 11.7. The lowest BCUT2D eigenvalue weighted by Crippen LogP contribution is -2.18. The van der Waals surface area contributed by atoms with E-state index in [4.69, 9.17) is 5.73 Å². The van der Waals surface area contributed by atoms with Crippen molar-refractivity contribution < 1.29 is 9.59 Å². The molecule has 0 heterocycles. The molecule has 5 nitrogen and oxygen atoms in total. The Hall–Kier alpha value is -1.88. The second-order valence-corrected chi connectivity index (χ2v) is 5.34. The van der Waals surface area contributed by atoms with Crippen LogP contribution in [0.3, 0.4) is 0 Å². The molecule has 2 atom stereocenters. The van der Waals surface area contributed by atoms with E-state index in [-0.39, 0.29) is 29.7 Å². The SMILES string of the molecule is NC1CC1C(=O)Nc1ccc(NC(=O)C2CC2)cc1. The van der Waals surface area contributed by atoms with Gasteiger partial charge in [0.1, 0.15) is 0 Å². The van der Waals surface area contributed by atoms with Crippen LogP contribution in [0.15, 0.2) is 24.3 Å². The van der Waals surface area contributed by atoms with Gasteiger partial charge in [0.05, 0.1) is 5.92 Å². The molecule has 19 heavy (non-hydrogen) atoms. The van der Waals surface area contributed by atoms with Crippen molar-refractivity contribution in [2.45, 2.75) is 25.3 Å². The first-order chi connectivity index (χ1) is 9.13. The number of hydrogen-bond donors (Lipinski definition) is 3. The molecular formula is C14H17N3O2. The molecule has 1 aromatic carbocycles. The molecule has 2 amide bonds. The van der Waals surface area contributed by atoms with E-state index in [0.29, 0.717) is 0 Å². The zero-order valence-electron chi connectivity index (χ0n) is 10.6. The van der Waals surface area contributed by atoms with Gasteiger partial charge in [0.15, 0.2) is 0 Å². The number of nitrogens with two attached hydrogens (primary N) is 1. The second-order valence-electron chi connectivity index (χ2n) is 5.34. The van der Waals surface area contributed by atoms with Gasteiger partial charge in [-0.15, -0.1) is 0 Å². The summed E-state index contributed by atoms with van der Waals surface area (Å²) in [5, 5.41) is 5.67. The van der Waals surface area contributed by atoms with E-state index in [2.05, 4.69) is 10.6 Å². The molecule has 0 aromatic heterocycles. The Kier molecular flexibility index (Phi) is 2.98. The average Bonchev–Trinajstić information content (AvgIpc) is 3.25. The van der Waals surface area contributed by atoms with Crippen molar-refractivity contribution in [3.05, 3.63) is 24.3 Å².